The SMILES string of the molecule is COc1ccc(C(O)C(O)CN)c(F)c1. The molecule has 0 aliphatic heterocycles. The van der Waals surface area contributed by atoms with Gasteiger partial charge in [-0.1, -0.05) is 0 Å². The largest absolute Gasteiger partial charge is 0.497 e. The number of rotatable bonds is 4. The Morgan fingerprint density at radius 3 is 2.60 bits per heavy atom. The van der Waals surface area contributed by atoms with E-state index in [-0.39, 0.29) is 12.1 Å². The lowest BCUT2D eigenvalue weighted by atomic mass is 10.0. The summed E-state index contributed by atoms with van der Waals surface area (Å²) in [6.45, 7) is -0.132. The number of methoxy groups -OCH3 is 1. The van der Waals surface area contributed by atoms with Crippen LogP contribution in [0.4, 0.5) is 4.39 Å². The first kappa shape index (κ1) is 11.9. The number of nitrogens with two attached hydrogens (primary N) is 1. The molecule has 0 heterocycles. The lowest BCUT2D eigenvalue weighted by Crippen LogP contribution is -2.27. The normalized spacial score (nSPS) is 14.7. The first-order chi connectivity index (χ1) is 7.10. The van der Waals surface area contributed by atoms with Gasteiger partial charge in [0.25, 0.3) is 0 Å². The van der Waals surface area contributed by atoms with Crippen molar-refractivity contribution in [3.05, 3.63) is 29.6 Å². The van der Waals surface area contributed by atoms with Crippen LogP contribution in [-0.4, -0.2) is 30.0 Å². The molecule has 2 unspecified atom stereocenters. The van der Waals surface area contributed by atoms with Crippen LogP contribution in [0.3, 0.4) is 0 Å². The van der Waals surface area contributed by atoms with Crippen LogP contribution in [0.2, 0.25) is 0 Å². The number of hydrogen-bond donors (Lipinski definition) is 3. The fourth-order valence-electron chi connectivity index (χ4n) is 1.21. The lowest BCUT2D eigenvalue weighted by Gasteiger charge is -2.17. The van der Waals surface area contributed by atoms with E-state index in [9.17, 15) is 14.6 Å². The monoisotopic (exact) mass is 215 g/mol. The molecule has 0 saturated heterocycles. The Morgan fingerprint density at radius 2 is 2.13 bits per heavy atom. The molecule has 0 amide bonds. The molecule has 15 heavy (non-hydrogen) atoms. The summed E-state index contributed by atoms with van der Waals surface area (Å²) in [4.78, 5) is 0. The van der Waals surface area contributed by atoms with E-state index >= 15 is 0 Å². The van der Waals surface area contributed by atoms with Gasteiger partial charge < -0.3 is 20.7 Å². The summed E-state index contributed by atoms with van der Waals surface area (Å²) in [5.41, 5.74) is 5.17. The molecule has 2 atom stereocenters. The summed E-state index contributed by atoms with van der Waals surface area (Å²) in [7, 11) is 1.42. The smallest absolute Gasteiger partial charge is 0.132 e. The van der Waals surface area contributed by atoms with E-state index in [1.54, 1.807) is 0 Å². The van der Waals surface area contributed by atoms with Crippen molar-refractivity contribution in [2.75, 3.05) is 13.7 Å². The average molecular weight is 215 g/mol. The quantitative estimate of drug-likeness (QED) is 0.670. The molecule has 0 aliphatic rings. The molecule has 1 aromatic carbocycles. The highest BCUT2D eigenvalue weighted by Crippen LogP contribution is 2.23. The van der Waals surface area contributed by atoms with Gasteiger partial charge in [-0.05, 0) is 12.1 Å². The van der Waals surface area contributed by atoms with E-state index in [0.29, 0.717) is 5.75 Å². The maximum absolute atomic E-state index is 13.4. The van der Waals surface area contributed by atoms with Crippen molar-refractivity contribution < 1.29 is 19.3 Å². The van der Waals surface area contributed by atoms with Crippen molar-refractivity contribution in [3.8, 4) is 5.75 Å². The number of ether oxygens (including phenoxy) is 1. The Morgan fingerprint density at radius 1 is 1.47 bits per heavy atom. The van der Waals surface area contributed by atoms with Gasteiger partial charge in [0, 0.05) is 18.2 Å². The van der Waals surface area contributed by atoms with Crippen LogP contribution in [-0.2, 0) is 0 Å². The van der Waals surface area contributed by atoms with E-state index in [4.69, 9.17) is 10.5 Å². The zero-order chi connectivity index (χ0) is 11.4. The van der Waals surface area contributed by atoms with Crippen molar-refractivity contribution in [1.82, 2.24) is 0 Å². The minimum atomic E-state index is -1.32. The molecular weight excluding hydrogens is 201 g/mol. The summed E-state index contributed by atoms with van der Waals surface area (Å²) in [5.74, 6) is -0.278. The van der Waals surface area contributed by atoms with E-state index in [1.165, 1.54) is 19.2 Å². The van der Waals surface area contributed by atoms with Crippen LogP contribution in [0.5, 0.6) is 5.75 Å². The van der Waals surface area contributed by atoms with Crippen molar-refractivity contribution >= 4 is 0 Å². The van der Waals surface area contributed by atoms with E-state index in [0.717, 1.165) is 6.07 Å². The Labute approximate surface area is 87.1 Å². The lowest BCUT2D eigenvalue weighted by molar-refractivity contribution is 0.0221. The molecule has 0 bridgehead atoms. The third-order valence-electron chi connectivity index (χ3n) is 2.13. The molecule has 0 aliphatic carbocycles. The second-order valence-corrected chi connectivity index (χ2v) is 3.14. The maximum Gasteiger partial charge on any atom is 0.132 e. The van der Waals surface area contributed by atoms with E-state index < -0.39 is 18.0 Å². The third kappa shape index (κ3) is 2.65. The molecule has 1 aromatic rings. The molecule has 1 rings (SSSR count). The fourth-order valence-corrected chi connectivity index (χ4v) is 1.21. The number of aliphatic hydroxyl groups excluding tert-OH is 2. The second kappa shape index (κ2) is 5.06. The van der Waals surface area contributed by atoms with Gasteiger partial charge in [0.05, 0.1) is 13.2 Å². The topological polar surface area (TPSA) is 75.7 Å². The average Bonchev–Trinajstić information content (AvgIpc) is 2.26. The predicted octanol–water partition coefficient (Wildman–Crippen LogP) is 0.187. The zero-order valence-electron chi connectivity index (χ0n) is 8.35. The first-order valence-corrected chi connectivity index (χ1v) is 4.49. The van der Waals surface area contributed by atoms with Crippen LogP contribution < -0.4 is 10.5 Å². The molecule has 0 saturated carbocycles. The van der Waals surface area contributed by atoms with Crippen molar-refractivity contribution in [1.29, 1.82) is 0 Å². The highest BCUT2D eigenvalue weighted by atomic mass is 19.1. The van der Waals surface area contributed by atoms with E-state index in [2.05, 4.69) is 0 Å². The Hall–Kier alpha value is -1.17. The molecule has 0 spiro atoms. The number of hydrogen-bond acceptors (Lipinski definition) is 4. The predicted molar refractivity (Wildman–Crippen MR) is 53.0 cm³/mol. The zero-order valence-corrected chi connectivity index (χ0v) is 8.35. The van der Waals surface area contributed by atoms with Gasteiger partial charge >= 0.3 is 0 Å². The Balaban J connectivity index is 2.95. The summed E-state index contributed by atoms with van der Waals surface area (Å²) in [6, 6.07) is 4.00. The number of benzene rings is 1. The molecule has 84 valence electrons. The Kier molecular flexibility index (Phi) is 4.02. The number of halogens is 1. The molecular formula is C10H14FNO3. The van der Waals surface area contributed by atoms with Crippen molar-refractivity contribution in [2.45, 2.75) is 12.2 Å². The van der Waals surface area contributed by atoms with Crippen molar-refractivity contribution in [2.24, 2.45) is 5.73 Å². The second-order valence-electron chi connectivity index (χ2n) is 3.14. The van der Waals surface area contributed by atoms with Gasteiger partial charge in [0.1, 0.15) is 17.7 Å². The third-order valence-corrected chi connectivity index (χ3v) is 2.13. The minimum absolute atomic E-state index is 0.00810. The van der Waals surface area contributed by atoms with E-state index in [1.807, 2.05) is 0 Å². The summed E-state index contributed by atoms with van der Waals surface area (Å²) in [6.07, 6.45) is -2.49. The highest BCUT2D eigenvalue weighted by molar-refractivity contribution is 5.30. The first-order valence-electron chi connectivity index (χ1n) is 4.49. The van der Waals surface area contributed by atoms with Crippen LogP contribution in [0.1, 0.15) is 11.7 Å². The molecule has 4 nitrogen and oxygen atoms in total. The van der Waals surface area contributed by atoms with Crippen LogP contribution in [0.25, 0.3) is 0 Å². The molecule has 4 N–H and O–H groups in total. The molecule has 0 aromatic heterocycles. The summed E-state index contributed by atoms with van der Waals surface area (Å²) >= 11 is 0. The van der Waals surface area contributed by atoms with Crippen LogP contribution >= 0.6 is 0 Å². The van der Waals surface area contributed by atoms with Gasteiger partial charge in [-0.3, -0.25) is 0 Å². The fraction of sp³-hybridized carbons (Fsp3) is 0.400. The standard InChI is InChI=1S/C10H14FNO3/c1-15-6-2-3-7(8(11)4-6)10(14)9(13)5-12/h2-4,9-10,13-14H,5,12H2,1H3. The van der Waals surface area contributed by atoms with Gasteiger partial charge in [-0.15, -0.1) is 0 Å². The van der Waals surface area contributed by atoms with Crippen LogP contribution in [0, 0.1) is 5.82 Å². The molecule has 5 heteroatoms. The maximum atomic E-state index is 13.4. The summed E-state index contributed by atoms with van der Waals surface area (Å²) < 4.78 is 18.2. The molecule has 0 radical (unpaired) electrons. The van der Waals surface area contributed by atoms with Gasteiger partial charge in [-0.2, -0.15) is 0 Å². The highest BCUT2D eigenvalue weighted by Gasteiger charge is 2.20. The summed E-state index contributed by atoms with van der Waals surface area (Å²) in [5, 5.41) is 18.8. The van der Waals surface area contributed by atoms with Crippen molar-refractivity contribution in [3.63, 3.8) is 0 Å². The van der Waals surface area contributed by atoms with Gasteiger partial charge in [0.15, 0.2) is 0 Å². The molecule has 0 fully saturated rings. The van der Waals surface area contributed by atoms with Crippen LogP contribution in [0.15, 0.2) is 18.2 Å². The number of aliphatic hydroxyl groups is 2. The van der Waals surface area contributed by atoms with Gasteiger partial charge in [0.2, 0.25) is 0 Å². The Bertz CT molecular complexity index is 332. The van der Waals surface area contributed by atoms with Gasteiger partial charge in [-0.25, -0.2) is 4.39 Å². The minimum Gasteiger partial charge on any atom is -0.497 e.